The topological polar surface area (TPSA) is 45.7 Å². The Kier molecular flexibility index (Phi) is 10.1. The Morgan fingerprint density at radius 3 is 2.90 bits per heavy atom. The minimum absolute atomic E-state index is 0. The van der Waals surface area contributed by atoms with Crippen LogP contribution in [0.25, 0.3) is 0 Å². The van der Waals surface area contributed by atoms with Gasteiger partial charge in [-0.2, -0.15) is 0 Å². The van der Waals surface area contributed by atoms with E-state index >= 15 is 0 Å². The molecule has 5 heteroatoms. The largest absolute Gasteiger partial charge is 0.376 e. The SMILES string of the molecule is CCNC(=NCC1CCCO1)NCCC1=CCCCC1.I. The molecule has 122 valence electrons. The average molecular weight is 407 g/mol. The van der Waals surface area contributed by atoms with Gasteiger partial charge in [0.25, 0.3) is 0 Å². The monoisotopic (exact) mass is 407 g/mol. The first-order valence-electron chi connectivity index (χ1n) is 8.20. The van der Waals surface area contributed by atoms with Crippen molar-refractivity contribution in [2.75, 3.05) is 26.2 Å². The van der Waals surface area contributed by atoms with Crippen LogP contribution in [-0.2, 0) is 4.74 Å². The van der Waals surface area contributed by atoms with E-state index in [4.69, 9.17) is 4.74 Å². The van der Waals surface area contributed by atoms with Gasteiger partial charge in [-0.05, 0) is 51.9 Å². The molecule has 2 rings (SSSR count). The molecule has 1 saturated heterocycles. The van der Waals surface area contributed by atoms with Crippen molar-refractivity contribution in [2.45, 2.75) is 58.0 Å². The molecule has 0 spiro atoms. The zero-order chi connectivity index (χ0) is 14.0. The highest BCUT2D eigenvalue weighted by Gasteiger charge is 2.14. The highest BCUT2D eigenvalue weighted by molar-refractivity contribution is 14.0. The lowest BCUT2D eigenvalue weighted by molar-refractivity contribution is 0.117. The number of rotatable bonds is 6. The van der Waals surface area contributed by atoms with Gasteiger partial charge in [0, 0.05) is 19.7 Å². The molecule has 0 aromatic rings. The zero-order valence-corrected chi connectivity index (χ0v) is 15.5. The van der Waals surface area contributed by atoms with Gasteiger partial charge in [0.15, 0.2) is 5.96 Å². The highest BCUT2D eigenvalue weighted by atomic mass is 127. The molecule has 0 aromatic heterocycles. The van der Waals surface area contributed by atoms with E-state index in [1.807, 2.05) is 0 Å². The summed E-state index contributed by atoms with van der Waals surface area (Å²) in [4.78, 5) is 4.63. The molecular weight excluding hydrogens is 377 g/mol. The Morgan fingerprint density at radius 2 is 2.24 bits per heavy atom. The second kappa shape index (κ2) is 11.3. The molecule has 1 heterocycles. The Labute approximate surface area is 146 Å². The van der Waals surface area contributed by atoms with Crippen LogP contribution in [0.2, 0.25) is 0 Å². The van der Waals surface area contributed by atoms with Crippen LogP contribution in [-0.4, -0.2) is 38.3 Å². The molecule has 2 N–H and O–H groups in total. The van der Waals surface area contributed by atoms with Gasteiger partial charge in [0.05, 0.1) is 12.6 Å². The first kappa shape index (κ1) is 18.7. The predicted octanol–water partition coefficient (Wildman–Crippen LogP) is 3.23. The van der Waals surface area contributed by atoms with Gasteiger partial charge >= 0.3 is 0 Å². The molecule has 2 aliphatic rings. The van der Waals surface area contributed by atoms with E-state index < -0.39 is 0 Å². The highest BCUT2D eigenvalue weighted by Crippen LogP contribution is 2.19. The molecule has 1 unspecified atom stereocenters. The summed E-state index contributed by atoms with van der Waals surface area (Å²) in [6.07, 6.45) is 11.5. The molecule has 21 heavy (non-hydrogen) atoms. The van der Waals surface area contributed by atoms with Crippen LogP contribution < -0.4 is 10.6 Å². The lowest BCUT2D eigenvalue weighted by Gasteiger charge is -2.15. The molecule has 0 radical (unpaired) electrons. The fraction of sp³-hybridized carbons (Fsp3) is 0.812. The van der Waals surface area contributed by atoms with E-state index in [1.54, 1.807) is 5.57 Å². The maximum Gasteiger partial charge on any atom is 0.191 e. The molecule has 1 atom stereocenters. The van der Waals surface area contributed by atoms with Gasteiger partial charge in [-0.1, -0.05) is 11.6 Å². The second-order valence-electron chi connectivity index (χ2n) is 5.64. The summed E-state index contributed by atoms with van der Waals surface area (Å²) in [6.45, 7) is 5.66. The van der Waals surface area contributed by atoms with Crippen LogP contribution in [0.15, 0.2) is 16.6 Å². The zero-order valence-electron chi connectivity index (χ0n) is 13.2. The average Bonchev–Trinajstić information content (AvgIpc) is 2.99. The number of nitrogens with one attached hydrogen (secondary N) is 2. The fourth-order valence-corrected chi connectivity index (χ4v) is 2.80. The van der Waals surface area contributed by atoms with Crippen LogP contribution in [0.1, 0.15) is 51.9 Å². The summed E-state index contributed by atoms with van der Waals surface area (Å²) in [5.41, 5.74) is 1.61. The maximum atomic E-state index is 5.61. The van der Waals surface area contributed by atoms with Gasteiger partial charge in [-0.15, -0.1) is 24.0 Å². The van der Waals surface area contributed by atoms with Gasteiger partial charge in [-0.3, -0.25) is 4.99 Å². The van der Waals surface area contributed by atoms with Crippen LogP contribution in [0.4, 0.5) is 0 Å². The number of hydrogen-bond donors (Lipinski definition) is 2. The summed E-state index contributed by atoms with van der Waals surface area (Å²) < 4.78 is 5.61. The van der Waals surface area contributed by atoms with Crippen LogP contribution in [0, 0.1) is 0 Å². The van der Waals surface area contributed by atoms with Gasteiger partial charge in [-0.25, -0.2) is 0 Å². The Bertz CT molecular complexity index is 338. The van der Waals surface area contributed by atoms with E-state index in [9.17, 15) is 0 Å². The van der Waals surface area contributed by atoms with Crippen molar-refractivity contribution in [1.82, 2.24) is 10.6 Å². The molecule has 0 saturated carbocycles. The summed E-state index contributed by atoms with van der Waals surface area (Å²) in [5.74, 6) is 0.930. The van der Waals surface area contributed by atoms with Crippen molar-refractivity contribution < 1.29 is 4.74 Å². The standard InChI is InChI=1S/C16H29N3O.HI/c1-2-17-16(19-13-15-9-6-12-20-15)18-11-10-14-7-4-3-5-8-14;/h7,15H,2-6,8-13H2,1H3,(H2,17,18,19);1H. The normalized spacial score (nSPS) is 22.4. The summed E-state index contributed by atoms with van der Waals surface area (Å²) >= 11 is 0. The number of nitrogens with zero attached hydrogens (tertiary/aromatic N) is 1. The number of hydrogen-bond acceptors (Lipinski definition) is 2. The van der Waals surface area contributed by atoms with Crippen molar-refractivity contribution in [2.24, 2.45) is 4.99 Å². The quantitative estimate of drug-likeness (QED) is 0.308. The van der Waals surface area contributed by atoms with Gasteiger partial charge in [0.2, 0.25) is 0 Å². The maximum absolute atomic E-state index is 5.61. The third kappa shape index (κ3) is 7.49. The number of halogens is 1. The Balaban J connectivity index is 0.00000220. The minimum Gasteiger partial charge on any atom is -0.376 e. The minimum atomic E-state index is 0. The molecular formula is C16H30IN3O. The van der Waals surface area contributed by atoms with E-state index in [0.717, 1.165) is 45.0 Å². The Morgan fingerprint density at radius 1 is 1.33 bits per heavy atom. The summed E-state index contributed by atoms with van der Waals surface area (Å²) in [7, 11) is 0. The number of allylic oxidation sites excluding steroid dienone is 1. The molecule has 4 nitrogen and oxygen atoms in total. The van der Waals surface area contributed by atoms with Crippen LogP contribution >= 0.6 is 24.0 Å². The van der Waals surface area contributed by atoms with Crippen molar-refractivity contribution in [1.29, 1.82) is 0 Å². The first-order chi connectivity index (χ1) is 9.88. The van der Waals surface area contributed by atoms with Crippen LogP contribution in [0.5, 0.6) is 0 Å². The van der Waals surface area contributed by atoms with E-state index in [0.29, 0.717) is 6.10 Å². The molecule has 0 bridgehead atoms. The predicted molar refractivity (Wildman–Crippen MR) is 99.5 cm³/mol. The first-order valence-corrected chi connectivity index (χ1v) is 8.20. The molecule has 1 aliphatic carbocycles. The second-order valence-corrected chi connectivity index (χ2v) is 5.64. The lowest BCUT2D eigenvalue weighted by atomic mass is 9.97. The smallest absolute Gasteiger partial charge is 0.191 e. The molecule has 1 aliphatic heterocycles. The number of ether oxygens (including phenoxy) is 1. The third-order valence-electron chi connectivity index (χ3n) is 3.94. The lowest BCUT2D eigenvalue weighted by Crippen LogP contribution is -2.38. The van der Waals surface area contributed by atoms with E-state index in [1.165, 1.54) is 32.1 Å². The molecule has 0 aromatic carbocycles. The van der Waals surface area contributed by atoms with Crippen molar-refractivity contribution in [3.63, 3.8) is 0 Å². The van der Waals surface area contributed by atoms with E-state index in [-0.39, 0.29) is 24.0 Å². The van der Waals surface area contributed by atoms with Gasteiger partial charge in [0.1, 0.15) is 0 Å². The molecule has 1 fully saturated rings. The third-order valence-corrected chi connectivity index (χ3v) is 3.94. The summed E-state index contributed by atoms with van der Waals surface area (Å²) in [5, 5.41) is 6.74. The number of aliphatic imine (C=N–C) groups is 1. The van der Waals surface area contributed by atoms with E-state index in [2.05, 4.69) is 28.6 Å². The molecule has 0 amide bonds. The summed E-state index contributed by atoms with van der Waals surface area (Å²) in [6, 6.07) is 0. The van der Waals surface area contributed by atoms with Crippen molar-refractivity contribution in [3.8, 4) is 0 Å². The Hall–Kier alpha value is -0.300. The van der Waals surface area contributed by atoms with Crippen LogP contribution in [0.3, 0.4) is 0 Å². The fourth-order valence-electron chi connectivity index (χ4n) is 2.80. The van der Waals surface area contributed by atoms with Gasteiger partial charge < -0.3 is 15.4 Å². The van der Waals surface area contributed by atoms with Crippen molar-refractivity contribution in [3.05, 3.63) is 11.6 Å². The number of guanidine groups is 1. The van der Waals surface area contributed by atoms with Crippen molar-refractivity contribution >= 4 is 29.9 Å².